The second-order valence-electron chi connectivity index (χ2n) is 1.47. The average molecular weight is 216 g/mol. The predicted octanol–water partition coefficient (Wildman–Crippen LogP) is 0.860. The van der Waals surface area contributed by atoms with Gasteiger partial charge in [0.1, 0.15) is 0 Å². The van der Waals surface area contributed by atoms with Gasteiger partial charge in [-0.2, -0.15) is 0 Å². The van der Waals surface area contributed by atoms with Crippen LogP contribution < -0.4 is 0 Å². The molecule has 0 bridgehead atoms. The molecule has 3 heteroatoms. The van der Waals surface area contributed by atoms with Crippen molar-refractivity contribution in [2.45, 2.75) is 23.6 Å². The van der Waals surface area contributed by atoms with Crippen molar-refractivity contribution >= 4 is 22.6 Å². The molecule has 0 spiro atoms. The second kappa shape index (κ2) is 2.84. The van der Waals surface area contributed by atoms with Crippen molar-refractivity contribution < 1.29 is 10.2 Å². The van der Waals surface area contributed by atoms with Gasteiger partial charge in [-0.05, 0) is 22.6 Å². The highest BCUT2D eigenvalue weighted by Gasteiger charge is 2.14. The topological polar surface area (TPSA) is 40.5 Å². The molecule has 0 aromatic rings. The van der Waals surface area contributed by atoms with Gasteiger partial charge in [-0.3, -0.25) is 0 Å². The van der Waals surface area contributed by atoms with E-state index in [9.17, 15) is 0 Å². The third kappa shape index (κ3) is 6.65. The Morgan fingerprint density at radius 2 is 2.00 bits per heavy atom. The molecule has 0 aliphatic heterocycles. The molecule has 0 rings (SSSR count). The van der Waals surface area contributed by atoms with Crippen molar-refractivity contribution in [1.82, 2.24) is 0 Å². The molecule has 0 aliphatic rings. The molecule has 7 heavy (non-hydrogen) atoms. The Morgan fingerprint density at radius 1 is 1.57 bits per heavy atom. The summed E-state index contributed by atoms with van der Waals surface area (Å²) in [5.74, 6) is 0. The van der Waals surface area contributed by atoms with Crippen molar-refractivity contribution in [3.8, 4) is 0 Å². The minimum absolute atomic E-state index is 0.438. The molecule has 0 saturated heterocycles. The number of halogens is 1. The van der Waals surface area contributed by atoms with E-state index in [4.69, 9.17) is 10.2 Å². The van der Waals surface area contributed by atoms with Gasteiger partial charge in [-0.15, -0.1) is 0 Å². The van der Waals surface area contributed by atoms with E-state index in [1.165, 1.54) is 0 Å². The molecule has 0 atom stereocenters. The van der Waals surface area contributed by atoms with Gasteiger partial charge in [0.15, 0.2) is 0 Å². The molecular formula is C4H9IO2. The van der Waals surface area contributed by atoms with Gasteiger partial charge in [0.05, 0.1) is 0 Å². The standard InChI is InChI=1S/C4H9IO2/c1-2-3-4(5,6)7/h6-7H,2-3H2,1H3. The quantitative estimate of drug-likeness (QED) is 0.408. The summed E-state index contributed by atoms with van der Waals surface area (Å²) in [5, 5.41) is 17.1. The van der Waals surface area contributed by atoms with Gasteiger partial charge in [0, 0.05) is 6.42 Å². The van der Waals surface area contributed by atoms with Gasteiger partial charge in [-0.25, -0.2) is 0 Å². The number of alkyl halides is 1. The van der Waals surface area contributed by atoms with Crippen LogP contribution in [0.2, 0.25) is 0 Å². The lowest BCUT2D eigenvalue weighted by Gasteiger charge is -2.10. The first-order chi connectivity index (χ1) is 3.06. The fourth-order valence-corrected chi connectivity index (χ4v) is 0.857. The Bertz CT molecular complexity index is 48.1. The Hall–Kier alpha value is 0.650. The molecule has 0 unspecified atom stereocenters. The van der Waals surface area contributed by atoms with Crippen LogP contribution in [-0.4, -0.2) is 14.0 Å². The molecular weight excluding hydrogens is 207 g/mol. The fraction of sp³-hybridized carbons (Fsp3) is 1.00. The van der Waals surface area contributed by atoms with E-state index in [-0.39, 0.29) is 0 Å². The normalized spacial score (nSPS) is 12.0. The maximum Gasteiger partial charge on any atom is 0.216 e. The summed E-state index contributed by atoms with van der Waals surface area (Å²) in [6, 6.07) is 0. The molecule has 0 radical (unpaired) electrons. The maximum atomic E-state index is 8.56. The molecule has 2 N–H and O–H groups in total. The molecule has 0 heterocycles. The van der Waals surface area contributed by atoms with Crippen LogP contribution in [0, 0.1) is 0 Å². The van der Waals surface area contributed by atoms with Crippen LogP contribution in [0.1, 0.15) is 19.8 Å². The zero-order chi connectivity index (χ0) is 5.91. The van der Waals surface area contributed by atoms with Crippen LogP contribution in [0.3, 0.4) is 0 Å². The average Bonchev–Trinajstić information content (AvgIpc) is 1.30. The van der Waals surface area contributed by atoms with E-state index in [2.05, 4.69) is 0 Å². The third-order valence-corrected chi connectivity index (χ3v) is 1.11. The van der Waals surface area contributed by atoms with Crippen LogP contribution in [-0.2, 0) is 0 Å². The Balaban J connectivity index is 3.15. The van der Waals surface area contributed by atoms with Crippen LogP contribution in [0.15, 0.2) is 0 Å². The van der Waals surface area contributed by atoms with Crippen molar-refractivity contribution in [2.24, 2.45) is 0 Å². The van der Waals surface area contributed by atoms with Gasteiger partial charge in [0.2, 0.25) is 3.79 Å². The summed E-state index contributed by atoms with van der Waals surface area (Å²) in [5.41, 5.74) is 0. The SMILES string of the molecule is CCCC(O)(O)I. The first kappa shape index (κ1) is 7.65. The van der Waals surface area contributed by atoms with Crippen molar-refractivity contribution in [2.75, 3.05) is 0 Å². The van der Waals surface area contributed by atoms with Crippen molar-refractivity contribution in [1.29, 1.82) is 0 Å². The largest absolute Gasteiger partial charge is 0.358 e. The smallest absolute Gasteiger partial charge is 0.216 e. The maximum absolute atomic E-state index is 8.56. The molecule has 0 amide bonds. The summed E-state index contributed by atoms with van der Waals surface area (Å²) in [6.07, 6.45) is 1.24. The van der Waals surface area contributed by atoms with E-state index in [0.29, 0.717) is 6.42 Å². The van der Waals surface area contributed by atoms with Crippen molar-refractivity contribution in [3.63, 3.8) is 0 Å². The van der Waals surface area contributed by atoms with Gasteiger partial charge in [0.25, 0.3) is 0 Å². The Kier molecular flexibility index (Phi) is 3.10. The molecule has 44 valence electrons. The highest BCUT2D eigenvalue weighted by molar-refractivity contribution is 14.1. The van der Waals surface area contributed by atoms with Gasteiger partial charge >= 0.3 is 0 Å². The van der Waals surface area contributed by atoms with Gasteiger partial charge in [-0.1, -0.05) is 13.3 Å². The van der Waals surface area contributed by atoms with Crippen LogP contribution in [0.25, 0.3) is 0 Å². The van der Waals surface area contributed by atoms with Crippen LogP contribution in [0.5, 0.6) is 0 Å². The Labute approximate surface area is 56.7 Å². The van der Waals surface area contributed by atoms with E-state index in [1.54, 1.807) is 22.6 Å². The summed E-state index contributed by atoms with van der Waals surface area (Å²) < 4.78 is -1.48. The van der Waals surface area contributed by atoms with E-state index < -0.39 is 3.79 Å². The molecule has 0 aromatic carbocycles. The molecule has 2 nitrogen and oxygen atoms in total. The minimum atomic E-state index is -1.48. The zero-order valence-corrected chi connectivity index (χ0v) is 6.34. The summed E-state index contributed by atoms with van der Waals surface area (Å²) in [7, 11) is 0. The zero-order valence-electron chi connectivity index (χ0n) is 4.19. The first-order valence-corrected chi connectivity index (χ1v) is 3.28. The molecule has 0 aromatic heterocycles. The van der Waals surface area contributed by atoms with Crippen LogP contribution >= 0.6 is 22.6 Å². The highest BCUT2D eigenvalue weighted by atomic mass is 127. The number of rotatable bonds is 2. The predicted molar refractivity (Wildman–Crippen MR) is 36.1 cm³/mol. The molecule has 0 saturated carbocycles. The van der Waals surface area contributed by atoms with Crippen LogP contribution in [0.4, 0.5) is 0 Å². The highest BCUT2D eigenvalue weighted by Crippen LogP contribution is 2.15. The van der Waals surface area contributed by atoms with E-state index in [0.717, 1.165) is 6.42 Å². The van der Waals surface area contributed by atoms with E-state index in [1.807, 2.05) is 6.92 Å². The minimum Gasteiger partial charge on any atom is -0.358 e. The lowest BCUT2D eigenvalue weighted by atomic mass is 10.3. The monoisotopic (exact) mass is 216 g/mol. The van der Waals surface area contributed by atoms with Crippen molar-refractivity contribution in [3.05, 3.63) is 0 Å². The second-order valence-corrected chi connectivity index (χ2v) is 3.20. The molecule has 0 fully saturated rings. The first-order valence-electron chi connectivity index (χ1n) is 2.20. The number of hydrogen-bond donors (Lipinski definition) is 2. The third-order valence-electron chi connectivity index (χ3n) is 0.568. The summed E-state index contributed by atoms with van der Waals surface area (Å²) in [6.45, 7) is 1.90. The lowest BCUT2D eigenvalue weighted by Crippen LogP contribution is -2.16. The van der Waals surface area contributed by atoms with Gasteiger partial charge < -0.3 is 10.2 Å². The Morgan fingerprint density at radius 3 is 2.00 bits per heavy atom. The number of hydrogen-bond acceptors (Lipinski definition) is 2. The summed E-state index contributed by atoms with van der Waals surface area (Å²) in [4.78, 5) is 0. The molecule has 0 aliphatic carbocycles. The number of aliphatic hydroxyl groups is 2. The lowest BCUT2D eigenvalue weighted by molar-refractivity contribution is -0.0636. The fourth-order valence-electron chi connectivity index (χ4n) is 0.318. The summed E-state index contributed by atoms with van der Waals surface area (Å²) >= 11 is 1.59. The van der Waals surface area contributed by atoms with E-state index >= 15 is 0 Å².